The van der Waals surface area contributed by atoms with Gasteiger partial charge in [-0.2, -0.15) is 13.2 Å². The van der Waals surface area contributed by atoms with Crippen molar-refractivity contribution in [1.82, 2.24) is 0 Å². The molecule has 0 bridgehead atoms. The molecule has 2 aliphatic rings. The first-order valence-corrected chi connectivity index (χ1v) is 13.4. The predicted octanol–water partition coefficient (Wildman–Crippen LogP) is 7.62. The first-order valence-electron chi connectivity index (χ1n) is 12.6. The Kier molecular flexibility index (Phi) is 7.84. The van der Waals surface area contributed by atoms with Crippen LogP contribution in [-0.2, 0) is 17.4 Å². The number of ketones is 1. The van der Waals surface area contributed by atoms with Gasteiger partial charge < -0.3 is 15.2 Å². The molecule has 5 nitrogen and oxygen atoms in total. The van der Waals surface area contributed by atoms with Crippen LogP contribution in [0.5, 0.6) is 11.5 Å². The molecule has 1 atom stereocenters. The van der Waals surface area contributed by atoms with Crippen LogP contribution in [0.4, 0.5) is 13.2 Å². The second-order valence-corrected chi connectivity index (χ2v) is 10.6. The van der Waals surface area contributed by atoms with Crippen molar-refractivity contribution in [2.24, 2.45) is 11.7 Å². The second kappa shape index (κ2) is 11.2. The molecule has 1 fully saturated rings. The largest absolute Gasteiger partial charge is 0.489 e. The molecule has 10 heteroatoms. The lowest BCUT2D eigenvalue weighted by Crippen LogP contribution is -2.21. The van der Waals surface area contributed by atoms with Gasteiger partial charge in [-0.1, -0.05) is 35.3 Å². The van der Waals surface area contributed by atoms with E-state index in [1.807, 2.05) is 0 Å². The molecule has 0 saturated heterocycles. The third kappa shape index (κ3) is 5.83. The number of aryl methyl sites for hydroxylation is 1. The molecule has 0 amide bonds. The number of Topliss-reactive ketones (excluding diaryl/α,β-unsaturated/α-hetero) is 1. The molecule has 2 N–H and O–H groups in total. The van der Waals surface area contributed by atoms with Gasteiger partial charge >= 0.3 is 6.18 Å². The number of alkyl halides is 3. The van der Waals surface area contributed by atoms with Crippen LogP contribution >= 0.6 is 23.2 Å². The maximum absolute atomic E-state index is 14.2. The van der Waals surface area contributed by atoms with Crippen LogP contribution in [0.1, 0.15) is 58.0 Å². The van der Waals surface area contributed by atoms with E-state index in [1.54, 1.807) is 36.4 Å². The van der Waals surface area contributed by atoms with E-state index >= 15 is 0 Å². The van der Waals surface area contributed by atoms with E-state index in [4.69, 9.17) is 38.4 Å². The Morgan fingerprint density at radius 2 is 1.77 bits per heavy atom. The van der Waals surface area contributed by atoms with Gasteiger partial charge in [-0.3, -0.25) is 9.59 Å². The third-order valence-electron chi connectivity index (χ3n) is 7.03. The van der Waals surface area contributed by atoms with Crippen LogP contribution in [0.15, 0.2) is 60.2 Å². The van der Waals surface area contributed by atoms with Crippen molar-refractivity contribution in [3.05, 3.63) is 98.0 Å². The van der Waals surface area contributed by atoms with Gasteiger partial charge in [0.2, 0.25) is 0 Å². The van der Waals surface area contributed by atoms with Crippen LogP contribution < -0.4 is 15.2 Å². The zero-order chi connectivity index (χ0) is 28.6. The highest BCUT2D eigenvalue weighted by atomic mass is 35.5. The van der Waals surface area contributed by atoms with Gasteiger partial charge in [0.15, 0.2) is 5.78 Å². The van der Waals surface area contributed by atoms with E-state index in [1.165, 1.54) is 12.1 Å². The highest BCUT2D eigenvalue weighted by molar-refractivity contribution is 6.37. The lowest BCUT2D eigenvalue weighted by Gasteiger charge is -2.28. The molecule has 0 aromatic heterocycles. The summed E-state index contributed by atoms with van der Waals surface area (Å²) >= 11 is 12.6. The summed E-state index contributed by atoms with van der Waals surface area (Å²) in [5, 5.41) is 0.484. The summed E-state index contributed by atoms with van der Waals surface area (Å²) in [5.74, 6) is -0.104. The SMILES string of the molecule is NC(=C(COc1ccc(C2CCc3cc(C=O)ccc3O2)c(C(F)(F)F)c1)C(=O)C1CC1)c1c(Cl)cccc1Cl. The van der Waals surface area contributed by atoms with Crippen molar-refractivity contribution in [2.45, 2.75) is 38.0 Å². The highest BCUT2D eigenvalue weighted by Crippen LogP contribution is 2.43. The summed E-state index contributed by atoms with van der Waals surface area (Å²) in [7, 11) is 0. The number of hydrogen-bond donors (Lipinski definition) is 1. The number of fused-ring (bicyclic) bond motifs is 1. The van der Waals surface area contributed by atoms with Gasteiger partial charge in [-0.25, -0.2) is 0 Å². The average molecular weight is 590 g/mol. The van der Waals surface area contributed by atoms with Crippen molar-refractivity contribution in [2.75, 3.05) is 6.61 Å². The molecule has 3 aromatic rings. The van der Waals surface area contributed by atoms with Gasteiger partial charge in [0.25, 0.3) is 0 Å². The molecule has 3 aromatic carbocycles. The Bertz CT molecular complexity index is 1500. The molecule has 1 saturated carbocycles. The van der Waals surface area contributed by atoms with Crippen molar-refractivity contribution in [3.8, 4) is 11.5 Å². The van der Waals surface area contributed by atoms with Crippen molar-refractivity contribution < 1.29 is 32.2 Å². The number of benzene rings is 3. The van der Waals surface area contributed by atoms with Crippen LogP contribution in [-0.4, -0.2) is 18.7 Å². The van der Waals surface area contributed by atoms with Crippen molar-refractivity contribution in [3.63, 3.8) is 0 Å². The Morgan fingerprint density at radius 1 is 1.05 bits per heavy atom. The van der Waals surface area contributed by atoms with Gasteiger partial charge in [0, 0.05) is 22.6 Å². The minimum Gasteiger partial charge on any atom is -0.489 e. The number of rotatable bonds is 8. The zero-order valence-corrected chi connectivity index (χ0v) is 22.6. The summed E-state index contributed by atoms with van der Waals surface area (Å²) in [6, 6.07) is 13.3. The van der Waals surface area contributed by atoms with Crippen LogP contribution in [0, 0.1) is 5.92 Å². The quantitative estimate of drug-likeness (QED) is 0.216. The van der Waals surface area contributed by atoms with E-state index in [0.717, 1.165) is 11.6 Å². The van der Waals surface area contributed by atoms with Gasteiger partial charge in [-0.15, -0.1) is 0 Å². The van der Waals surface area contributed by atoms with Crippen molar-refractivity contribution >= 4 is 41.0 Å². The van der Waals surface area contributed by atoms with Gasteiger partial charge in [0.05, 0.1) is 26.9 Å². The number of halogens is 5. The Balaban J connectivity index is 1.43. The number of aldehydes is 1. The van der Waals surface area contributed by atoms with E-state index in [-0.39, 0.29) is 56.5 Å². The molecule has 1 heterocycles. The molecule has 208 valence electrons. The fraction of sp³-hybridized carbons (Fsp3) is 0.267. The normalized spacial score (nSPS) is 17.4. The van der Waals surface area contributed by atoms with E-state index < -0.39 is 17.8 Å². The lowest BCUT2D eigenvalue weighted by molar-refractivity contribution is -0.139. The van der Waals surface area contributed by atoms with Crippen molar-refractivity contribution in [1.29, 1.82) is 0 Å². The van der Waals surface area contributed by atoms with Crippen LogP contribution in [0.25, 0.3) is 5.70 Å². The lowest BCUT2D eigenvalue weighted by atomic mass is 9.93. The van der Waals surface area contributed by atoms with Crippen LogP contribution in [0.3, 0.4) is 0 Å². The van der Waals surface area contributed by atoms with Gasteiger partial charge in [0.1, 0.15) is 30.5 Å². The summed E-state index contributed by atoms with van der Waals surface area (Å²) in [5.41, 5.74) is 7.08. The molecular weight excluding hydrogens is 566 g/mol. The number of carbonyl (C=O) groups is 2. The van der Waals surface area contributed by atoms with E-state index in [2.05, 4.69) is 0 Å². The monoisotopic (exact) mass is 589 g/mol. The summed E-state index contributed by atoms with van der Waals surface area (Å²) < 4.78 is 54.2. The molecular formula is C30H24Cl2F3NO4. The molecule has 1 aliphatic carbocycles. The zero-order valence-electron chi connectivity index (χ0n) is 21.1. The fourth-order valence-corrected chi connectivity index (χ4v) is 5.39. The van der Waals surface area contributed by atoms with Gasteiger partial charge in [-0.05, 0) is 73.7 Å². The molecule has 5 rings (SSSR count). The molecule has 40 heavy (non-hydrogen) atoms. The first-order chi connectivity index (χ1) is 19.1. The third-order valence-corrected chi connectivity index (χ3v) is 7.66. The predicted molar refractivity (Wildman–Crippen MR) is 146 cm³/mol. The fourth-order valence-electron chi connectivity index (χ4n) is 4.79. The summed E-state index contributed by atoms with van der Waals surface area (Å²) in [6.07, 6.45) is -2.67. The second-order valence-electron chi connectivity index (χ2n) is 9.79. The summed E-state index contributed by atoms with van der Waals surface area (Å²) in [6.45, 7) is -0.355. The average Bonchev–Trinajstić information content (AvgIpc) is 3.77. The number of hydrogen-bond acceptors (Lipinski definition) is 5. The Labute approximate surface area is 238 Å². The van der Waals surface area contributed by atoms with Crippen LogP contribution in [0.2, 0.25) is 10.0 Å². The molecule has 0 spiro atoms. The maximum atomic E-state index is 14.2. The first kappa shape index (κ1) is 28.1. The smallest absolute Gasteiger partial charge is 0.416 e. The summed E-state index contributed by atoms with van der Waals surface area (Å²) in [4.78, 5) is 24.1. The van der Waals surface area contributed by atoms with E-state index in [0.29, 0.717) is 43.3 Å². The highest BCUT2D eigenvalue weighted by Gasteiger charge is 2.38. The molecule has 1 unspecified atom stereocenters. The standard InChI is InChI=1S/C30H24Cl2F3NO4/c31-23-2-1-3-24(32)27(23)28(36)21(29(38)17-5-6-17)15-39-19-8-9-20(22(13-19)30(33,34)35)26-11-7-18-12-16(14-37)4-10-25(18)40-26/h1-4,8-10,12-14,17,26H,5-7,11,15,36H2. The minimum absolute atomic E-state index is 0.0304. The van der Waals surface area contributed by atoms with E-state index in [9.17, 15) is 22.8 Å². The number of nitrogens with two attached hydrogens (primary N) is 1. The molecule has 1 aliphatic heterocycles. The minimum atomic E-state index is -4.69. The Morgan fingerprint density at radius 3 is 2.42 bits per heavy atom. The topological polar surface area (TPSA) is 78.6 Å². The number of ether oxygens (including phenoxy) is 2. The number of carbonyl (C=O) groups excluding carboxylic acids is 2. The maximum Gasteiger partial charge on any atom is 0.416 e. The Hall–Kier alpha value is -3.49. The molecule has 0 radical (unpaired) electrons.